The van der Waals surface area contributed by atoms with E-state index in [0.29, 0.717) is 17.1 Å². The fraction of sp³-hybridized carbons (Fsp3) is 0.105. The molecule has 0 bridgehead atoms. The number of nitrogens with one attached hydrogen (secondary N) is 2. The number of benzene rings is 2. The largest absolute Gasteiger partial charge is 0.496 e. The number of methoxy groups -OCH3 is 1. The number of rotatable bonds is 5. The molecule has 0 aliphatic heterocycles. The first kappa shape index (κ1) is 16.4. The SMILES string of the molecule is COc1ccccc1C=NNC(=O)c1cc(-c2ccc(C)cc2)n[nH]1. The number of amides is 1. The van der Waals surface area contributed by atoms with Gasteiger partial charge in [-0.15, -0.1) is 0 Å². The second-order valence-corrected chi connectivity index (χ2v) is 5.47. The number of para-hydroxylation sites is 1. The highest BCUT2D eigenvalue weighted by atomic mass is 16.5. The van der Waals surface area contributed by atoms with Gasteiger partial charge in [0.1, 0.15) is 11.4 Å². The third-order valence-corrected chi connectivity index (χ3v) is 3.68. The number of aryl methyl sites for hydroxylation is 1. The summed E-state index contributed by atoms with van der Waals surface area (Å²) in [6.45, 7) is 2.02. The summed E-state index contributed by atoms with van der Waals surface area (Å²) in [5.74, 6) is 0.320. The maximum Gasteiger partial charge on any atom is 0.289 e. The first-order valence-corrected chi connectivity index (χ1v) is 7.76. The Hall–Kier alpha value is -3.41. The topological polar surface area (TPSA) is 79.4 Å². The van der Waals surface area contributed by atoms with Crippen molar-refractivity contribution in [1.29, 1.82) is 0 Å². The lowest BCUT2D eigenvalue weighted by Gasteiger charge is -2.02. The molecule has 0 unspecified atom stereocenters. The summed E-state index contributed by atoms with van der Waals surface area (Å²) in [5, 5.41) is 10.9. The Morgan fingerprint density at radius 1 is 1.20 bits per heavy atom. The van der Waals surface area contributed by atoms with Crippen molar-refractivity contribution in [3.63, 3.8) is 0 Å². The van der Waals surface area contributed by atoms with Gasteiger partial charge in [-0.2, -0.15) is 10.2 Å². The van der Waals surface area contributed by atoms with Gasteiger partial charge < -0.3 is 4.74 Å². The van der Waals surface area contributed by atoms with Crippen molar-refractivity contribution in [3.05, 3.63) is 71.4 Å². The van der Waals surface area contributed by atoms with Crippen LogP contribution < -0.4 is 10.2 Å². The molecule has 3 rings (SSSR count). The van der Waals surface area contributed by atoms with E-state index in [-0.39, 0.29) is 5.91 Å². The highest BCUT2D eigenvalue weighted by molar-refractivity contribution is 5.94. The average molecular weight is 334 g/mol. The predicted octanol–water partition coefficient (Wildman–Crippen LogP) is 3.16. The molecule has 1 heterocycles. The Bertz CT molecular complexity index is 898. The molecule has 6 heteroatoms. The lowest BCUT2D eigenvalue weighted by atomic mass is 10.1. The highest BCUT2D eigenvalue weighted by Gasteiger charge is 2.10. The van der Waals surface area contributed by atoms with Crippen molar-refractivity contribution in [3.8, 4) is 17.0 Å². The van der Waals surface area contributed by atoms with Crippen LogP contribution in [0.4, 0.5) is 0 Å². The Balaban J connectivity index is 1.68. The molecule has 0 aliphatic carbocycles. The maximum atomic E-state index is 12.2. The van der Waals surface area contributed by atoms with Gasteiger partial charge in [0, 0.05) is 11.1 Å². The van der Waals surface area contributed by atoms with E-state index in [2.05, 4.69) is 20.7 Å². The van der Waals surface area contributed by atoms with Gasteiger partial charge in [-0.25, -0.2) is 5.43 Å². The van der Waals surface area contributed by atoms with Crippen molar-refractivity contribution in [1.82, 2.24) is 15.6 Å². The molecule has 0 fully saturated rings. The minimum absolute atomic E-state index is 0.341. The van der Waals surface area contributed by atoms with E-state index in [0.717, 1.165) is 11.1 Å². The third-order valence-electron chi connectivity index (χ3n) is 3.68. The number of carbonyl (C=O) groups excluding carboxylic acids is 1. The predicted molar refractivity (Wildman–Crippen MR) is 96.8 cm³/mol. The molecular formula is C19H18N4O2. The van der Waals surface area contributed by atoms with E-state index >= 15 is 0 Å². The monoisotopic (exact) mass is 334 g/mol. The van der Waals surface area contributed by atoms with Crippen LogP contribution in [0.25, 0.3) is 11.3 Å². The van der Waals surface area contributed by atoms with Crippen LogP contribution in [0, 0.1) is 6.92 Å². The number of hydrogen-bond acceptors (Lipinski definition) is 4. The van der Waals surface area contributed by atoms with Crippen LogP contribution in [0.5, 0.6) is 5.75 Å². The van der Waals surface area contributed by atoms with Crippen LogP contribution in [-0.2, 0) is 0 Å². The summed E-state index contributed by atoms with van der Waals surface area (Å²) < 4.78 is 5.23. The van der Waals surface area contributed by atoms with Crippen LogP contribution in [0.3, 0.4) is 0 Å². The molecular weight excluding hydrogens is 316 g/mol. The number of hydrogen-bond donors (Lipinski definition) is 2. The Kier molecular flexibility index (Phi) is 4.89. The summed E-state index contributed by atoms with van der Waals surface area (Å²) in [4.78, 5) is 12.2. The minimum atomic E-state index is -0.364. The van der Waals surface area contributed by atoms with Crippen LogP contribution >= 0.6 is 0 Å². The smallest absolute Gasteiger partial charge is 0.289 e. The van der Waals surface area contributed by atoms with Crippen molar-refractivity contribution >= 4 is 12.1 Å². The van der Waals surface area contributed by atoms with Gasteiger partial charge in [0.25, 0.3) is 5.91 Å². The first-order chi connectivity index (χ1) is 12.2. The first-order valence-electron chi connectivity index (χ1n) is 7.76. The molecule has 0 radical (unpaired) electrons. The van der Waals surface area contributed by atoms with E-state index in [9.17, 15) is 4.79 Å². The minimum Gasteiger partial charge on any atom is -0.496 e. The van der Waals surface area contributed by atoms with Crippen LogP contribution in [0.1, 0.15) is 21.6 Å². The molecule has 0 saturated carbocycles. The summed E-state index contributed by atoms with van der Waals surface area (Å²) in [6, 6.07) is 17.0. The average Bonchev–Trinajstić information content (AvgIpc) is 3.13. The molecule has 0 atom stereocenters. The molecule has 1 amide bonds. The maximum absolute atomic E-state index is 12.2. The number of aromatic amines is 1. The van der Waals surface area contributed by atoms with Crippen LogP contribution in [0.2, 0.25) is 0 Å². The molecule has 1 aromatic heterocycles. The summed E-state index contributed by atoms with van der Waals surface area (Å²) in [5.41, 5.74) is 6.41. The van der Waals surface area contributed by atoms with E-state index in [4.69, 9.17) is 4.74 Å². The Labute approximate surface area is 145 Å². The van der Waals surface area contributed by atoms with Crippen LogP contribution in [-0.4, -0.2) is 29.4 Å². The fourth-order valence-corrected chi connectivity index (χ4v) is 2.30. The number of hydrazone groups is 1. The summed E-state index contributed by atoms with van der Waals surface area (Å²) in [7, 11) is 1.59. The van der Waals surface area contributed by atoms with E-state index in [1.807, 2.05) is 55.5 Å². The van der Waals surface area contributed by atoms with Crippen molar-refractivity contribution in [2.24, 2.45) is 5.10 Å². The zero-order chi connectivity index (χ0) is 17.6. The molecule has 0 aliphatic rings. The molecule has 126 valence electrons. The summed E-state index contributed by atoms with van der Waals surface area (Å²) in [6.07, 6.45) is 1.54. The Morgan fingerprint density at radius 2 is 1.96 bits per heavy atom. The van der Waals surface area contributed by atoms with Gasteiger partial charge in [0.2, 0.25) is 0 Å². The molecule has 2 N–H and O–H groups in total. The lowest BCUT2D eigenvalue weighted by molar-refractivity contribution is 0.0950. The van der Waals surface area contributed by atoms with Gasteiger partial charge in [0.05, 0.1) is 19.0 Å². The fourth-order valence-electron chi connectivity index (χ4n) is 2.30. The molecule has 6 nitrogen and oxygen atoms in total. The van der Waals surface area contributed by atoms with Crippen LogP contribution in [0.15, 0.2) is 59.7 Å². The standard InChI is InChI=1S/C19H18N4O2/c1-13-7-9-14(10-8-13)16-11-17(22-21-16)19(24)23-20-12-15-5-3-4-6-18(15)25-2/h3-12H,1-2H3,(H,21,22)(H,23,24). The molecule has 0 saturated heterocycles. The highest BCUT2D eigenvalue weighted by Crippen LogP contribution is 2.18. The molecule has 2 aromatic carbocycles. The van der Waals surface area contributed by atoms with Gasteiger partial charge in [-0.1, -0.05) is 42.0 Å². The third kappa shape index (κ3) is 3.92. The number of ether oxygens (including phenoxy) is 1. The van der Waals surface area contributed by atoms with Crippen molar-refractivity contribution in [2.45, 2.75) is 6.92 Å². The van der Waals surface area contributed by atoms with E-state index in [1.54, 1.807) is 13.2 Å². The van der Waals surface area contributed by atoms with Gasteiger partial charge >= 0.3 is 0 Å². The van der Waals surface area contributed by atoms with E-state index in [1.165, 1.54) is 11.8 Å². The van der Waals surface area contributed by atoms with E-state index < -0.39 is 0 Å². The number of carbonyl (C=O) groups is 1. The lowest BCUT2D eigenvalue weighted by Crippen LogP contribution is -2.18. The molecule has 3 aromatic rings. The normalized spacial score (nSPS) is 10.8. The van der Waals surface area contributed by atoms with Gasteiger partial charge in [-0.05, 0) is 25.1 Å². The second-order valence-electron chi connectivity index (χ2n) is 5.47. The number of nitrogens with zero attached hydrogens (tertiary/aromatic N) is 2. The van der Waals surface area contributed by atoms with Crippen molar-refractivity contribution < 1.29 is 9.53 Å². The zero-order valence-corrected chi connectivity index (χ0v) is 14.0. The zero-order valence-electron chi connectivity index (χ0n) is 14.0. The molecule has 0 spiro atoms. The molecule has 25 heavy (non-hydrogen) atoms. The number of H-pyrrole nitrogens is 1. The van der Waals surface area contributed by atoms with Crippen molar-refractivity contribution in [2.75, 3.05) is 7.11 Å². The Morgan fingerprint density at radius 3 is 2.72 bits per heavy atom. The second kappa shape index (κ2) is 7.44. The summed E-state index contributed by atoms with van der Waals surface area (Å²) >= 11 is 0. The van der Waals surface area contributed by atoms with Gasteiger partial charge in [0.15, 0.2) is 0 Å². The number of aromatic nitrogens is 2. The van der Waals surface area contributed by atoms with Gasteiger partial charge in [-0.3, -0.25) is 9.89 Å². The quantitative estimate of drug-likeness (QED) is 0.556.